The number of hydrogen-bond donors (Lipinski definition) is 0. The summed E-state index contributed by atoms with van der Waals surface area (Å²) in [7, 11) is 0. The fourth-order valence-electron chi connectivity index (χ4n) is 3.91. The van der Waals surface area contributed by atoms with Crippen LogP contribution in [0.5, 0.6) is 0 Å². The van der Waals surface area contributed by atoms with Crippen molar-refractivity contribution >= 4 is 10.8 Å². The lowest BCUT2D eigenvalue weighted by Gasteiger charge is -2.09. The van der Waals surface area contributed by atoms with Crippen LogP contribution in [-0.4, -0.2) is 9.97 Å². The van der Waals surface area contributed by atoms with Gasteiger partial charge in [0.25, 0.3) is 0 Å². The fourth-order valence-corrected chi connectivity index (χ4v) is 3.91. The molecule has 160 valence electrons. The Morgan fingerprint density at radius 2 is 1.62 bits per heavy atom. The third-order valence-electron chi connectivity index (χ3n) is 5.83. The zero-order chi connectivity index (χ0) is 22.3. The smallest absolute Gasteiger partial charge is 0.159 e. The summed E-state index contributed by atoms with van der Waals surface area (Å²) in [5.74, 6) is 0.492. The van der Waals surface area contributed by atoms with Crippen molar-refractivity contribution in [3.05, 3.63) is 95.1 Å². The third-order valence-corrected chi connectivity index (χ3v) is 5.83. The second kappa shape index (κ2) is 10.2. The van der Waals surface area contributed by atoms with Gasteiger partial charge in [-0.1, -0.05) is 56.2 Å². The van der Waals surface area contributed by atoms with Gasteiger partial charge in [0.2, 0.25) is 0 Å². The Balaban J connectivity index is 1.49. The van der Waals surface area contributed by atoms with Gasteiger partial charge in [0.15, 0.2) is 5.82 Å². The van der Waals surface area contributed by atoms with E-state index in [4.69, 9.17) is 5.26 Å². The van der Waals surface area contributed by atoms with Gasteiger partial charge in [0.05, 0.1) is 11.6 Å². The second-order valence-electron chi connectivity index (χ2n) is 8.16. The van der Waals surface area contributed by atoms with Gasteiger partial charge < -0.3 is 0 Å². The lowest BCUT2D eigenvalue weighted by Crippen LogP contribution is -1.97. The number of rotatable bonds is 8. The Labute approximate surface area is 188 Å². The molecule has 3 aromatic carbocycles. The summed E-state index contributed by atoms with van der Waals surface area (Å²) >= 11 is 0. The highest BCUT2D eigenvalue weighted by Gasteiger charge is 2.10. The van der Waals surface area contributed by atoms with Crippen molar-refractivity contribution in [3.63, 3.8) is 0 Å². The zero-order valence-electron chi connectivity index (χ0n) is 18.3. The highest BCUT2D eigenvalue weighted by atomic mass is 19.1. The average Bonchev–Trinajstić information content (AvgIpc) is 2.84. The number of halogens is 1. The van der Waals surface area contributed by atoms with Gasteiger partial charge in [0.1, 0.15) is 5.82 Å². The molecule has 0 atom stereocenters. The molecule has 0 fully saturated rings. The quantitative estimate of drug-likeness (QED) is 0.292. The molecular weight excluding hydrogens is 397 g/mol. The summed E-state index contributed by atoms with van der Waals surface area (Å²) in [5.41, 5.74) is 4.47. The van der Waals surface area contributed by atoms with Gasteiger partial charge in [-0.25, -0.2) is 14.4 Å². The Morgan fingerprint density at radius 1 is 0.844 bits per heavy atom. The monoisotopic (exact) mass is 423 g/mol. The van der Waals surface area contributed by atoms with E-state index < -0.39 is 0 Å². The van der Waals surface area contributed by atoms with Crippen LogP contribution in [-0.2, 0) is 19.3 Å². The van der Waals surface area contributed by atoms with Crippen LogP contribution in [0.15, 0.2) is 67.0 Å². The molecule has 1 aromatic heterocycles. The van der Waals surface area contributed by atoms with E-state index in [2.05, 4.69) is 23.0 Å². The van der Waals surface area contributed by atoms with Crippen LogP contribution in [0.2, 0.25) is 0 Å². The van der Waals surface area contributed by atoms with Crippen molar-refractivity contribution in [2.24, 2.45) is 0 Å². The van der Waals surface area contributed by atoms with Crippen molar-refractivity contribution in [3.8, 4) is 17.5 Å². The van der Waals surface area contributed by atoms with Crippen molar-refractivity contribution in [2.45, 2.75) is 45.4 Å². The molecule has 0 unspecified atom stereocenters. The molecule has 4 heteroatoms. The van der Waals surface area contributed by atoms with E-state index in [-0.39, 0.29) is 5.82 Å². The number of fused-ring (bicyclic) bond motifs is 1. The summed E-state index contributed by atoms with van der Waals surface area (Å²) in [6.45, 7) is 2.19. The molecule has 0 N–H and O–H groups in total. The lowest BCUT2D eigenvalue weighted by atomic mass is 9.98. The minimum atomic E-state index is -0.171. The summed E-state index contributed by atoms with van der Waals surface area (Å²) in [4.78, 5) is 9.05. The Morgan fingerprint density at radius 3 is 2.34 bits per heavy atom. The molecule has 0 aliphatic rings. The van der Waals surface area contributed by atoms with Gasteiger partial charge >= 0.3 is 0 Å². The molecule has 0 aliphatic carbocycles. The molecule has 0 spiro atoms. The molecule has 4 aromatic rings. The minimum absolute atomic E-state index is 0.171. The standard InChI is InChI=1S/C28H26FN3/c1-2-3-4-5-22-18-31-28(32-19-22)25-14-15-26-24(16-25)13-12-23(27(26)29)11-10-20-6-8-21(17-30)9-7-20/h6-9,12-16,18-19H,2-5,10-11H2,1H3. The number of hydrogen-bond acceptors (Lipinski definition) is 3. The first-order valence-electron chi connectivity index (χ1n) is 11.2. The molecule has 0 radical (unpaired) electrons. The maximum absolute atomic E-state index is 15.2. The average molecular weight is 424 g/mol. The number of aromatic nitrogens is 2. The SMILES string of the molecule is CCCCCc1cnc(-c2ccc3c(F)c(CCc4ccc(C#N)cc4)ccc3c2)nc1. The van der Waals surface area contributed by atoms with E-state index in [0.717, 1.165) is 41.3 Å². The van der Waals surface area contributed by atoms with Crippen LogP contribution in [0, 0.1) is 17.1 Å². The molecule has 0 bridgehead atoms. The summed E-state index contributed by atoms with van der Waals surface area (Å²) < 4.78 is 15.2. The van der Waals surface area contributed by atoms with Crippen LogP contribution in [0.4, 0.5) is 4.39 Å². The van der Waals surface area contributed by atoms with E-state index in [9.17, 15) is 0 Å². The molecule has 32 heavy (non-hydrogen) atoms. The van der Waals surface area contributed by atoms with Crippen LogP contribution < -0.4 is 0 Å². The zero-order valence-corrected chi connectivity index (χ0v) is 18.3. The highest BCUT2D eigenvalue weighted by Crippen LogP contribution is 2.27. The minimum Gasteiger partial charge on any atom is -0.236 e. The molecule has 0 aliphatic heterocycles. The largest absolute Gasteiger partial charge is 0.236 e. The van der Waals surface area contributed by atoms with Crippen molar-refractivity contribution in [2.75, 3.05) is 0 Å². The molecule has 0 saturated carbocycles. The van der Waals surface area contributed by atoms with Crippen LogP contribution in [0.1, 0.15) is 48.4 Å². The summed E-state index contributed by atoms with van der Waals surface area (Å²) in [5, 5.41) is 10.4. The molecular formula is C28H26FN3. The first-order chi connectivity index (χ1) is 15.7. The van der Waals surface area contributed by atoms with Crippen LogP contribution in [0.3, 0.4) is 0 Å². The van der Waals surface area contributed by atoms with Crippen LogP contribution >= 0.6 is 0 Å². The Kier molecular flexibility index (Phi) is 6.87. The molecule has 1 heterocycles. The first kappa shape index (κ1) is 21.6. The maximum atomic E-state index is 15.2. The lowest BCUT2D eigenvalue weighted by molar-refractivity contribution is 0.620. The number of benzene rings is 3. The molecule has 3 nitrogen and oxygen atoms in total. The number of unbranched alkanes of at least 4 members (excludes halogenated alkanes) is 2. The Hall–Kier alpha value is -3.58. The maximum Gasteiger partial charge on any atom is 0.159 e. The topological polar surface area (TPSA) is 49.6 Å². The predicted octanol–water partition coefficient (Wildman–Crippen LogP) is 6.83. The molecule has 0 saturated heterocycles. The van der Waals surface area contributed by atoms with Gasteiger partial charge in [-0.15, -0.1) is 0 Å². The normalized spacial score (nSPS) is 10.9. The van der Waals surface area contributed by atoms with Gasteiger partial charge in [-0.2, -0.15) is 5.26 Å². The van der Waals surface area contributed by atoms with E-state index in [1.165, 1.54) is 12.8 Å². The van der Waals surface area contributed by atoms with E-state index >= 15 is 4.39 Å². The van der Waals surface area contributed by atoms with Crippen molar-refractivity contribution < 1.29 is 4.39 Å². The summed E-state index contributed by atoms with van der Waals surface area (Å²) in [6, 6.07) is 19.1. The van der Waals surface area contributed by atoms with Gasteiger partial charge in [0, 0.05) is 23.3 Å². The number of nitriles is 1. The fraction of sp³-hybridized carbons (Fsp3) is 0.250. The number of aryl methyl sites for hydroxylation is 3. The van der Waals surface area contributed by atoms with Gasteiger partial charge in [-0.3, -0.25) is 0 Å². The highest BCUT2D eigenvalue weighted by molar-refractivity contribution is 5.87. The Bertz CT molecular complexity index is 1240. The van der Waals surface area contributed by atoms with Crippen molar-refractivity contribution in [1.29, 1.82) is 5.26 Å². The summed E-state index contributed by atoms with van der Waals surface area (Å²) in [6.07, 6.45) is 9.70. The van der Waals surface area contributed by atoms with E-state index in [1.807, 2.05) is 54.9 Å². The predicted molar refractivity (Wildman–Crippen MR) is 127 cm³/mol. The first-order valence-corrected chi connectivity index (χ1v) is 11.2. The second-order valence-corrected chi connectivity index (χ2v) is 8.16. The molecule has 0 amide bonds. The van der Waals surface area contributed by atoms with Crippen molar-refractivity contribution in [1.82, 2.24) is 9.97 Å². The molecule has 4 rings (SSSR count). The van der Waals surface area contributed by atoms with E-state index in [1.54, 1.807) is 12.1 Å². The van der Waals surface area contributed by atoms with E-state index in [0.29, 0.717) is 28.8 Å². The van der Waals surface area contributed by atoms with Crippen LogP contribution in [0.25, 0.3) is 22.2 Å². The third kappa shape index (κ3) is 5.00. The van der Waals surface area contributed by atoms with Gasteiger partial charge in [-0.05, 0) is 66.0 Å². The number of nitrogens with zero attached hydrogens (tertiary/aromatic N) is 3.